The molecule has 3 rings (SSSR count). The molecule has 0 saturated carbocycles. The summed E-state index contributed by atoms with van der Waals surface area (Å²) < 4.78 is 5.67. The molecule has 1 aliphatic rings. The Labute approximate surface area is 148 Å². The standard InChI is InChI=1S/C19H26N4O2/c1-15-6-5-10-23(14-15)11-9-20-19(24)22-13-18-21-12-17(25-18)16-7-3-2-4-8-16/h2-4,7-8,12,15H,5-6,9-11,13-14H2,1H3,(H2,20,22,24). The summed E-state index contributed by atoms with van der Waals surface area (Å²) in [6.07, 6.45) is 4.24. The van der Waals surface area contributed by atoms with Crippen molar-refractivity contribution < 1.29 is 9.21 Å². The van der Waals surface area contributed by atoms with E-state index in [0.717, 1.165) is 31.1 Å². The van der Waals surface area contributed by atoms with Crippen molar-refractivity contribution in [1.82, 2.24) is 20.5 Å². The molecule has 1 saturated heterocycles. The van der Waals surface area contributed by atoms with Gasteiger partial charge in [-0.25, -0.2) is 9.78 Å². The highest BCUT2D eigenvalue weighted by Gasteiger charge is 2.15. The predicted molar refractivity (Wildman–Crippen MR) is 97.0 cm³/mol. The van der Waals surface area contributed by atoms with Crippen molar-refractivity contribution in [1.29, 1.82) is 0 Å². The normalized spacial score (nSPS) is 18.0. The average molecular weight is 342 g/mol. The minimum atomic E-state index is -0.190. The van der Waals surface area contributed by atoms with Crippen LogP contribution in [0.25, 0.3) is 11.3 Å². The summed E-state index contributed by atoms with van der Waals surface area (Å²) >= 11 is 0. The number of hydrogen-bond donors (Lipinski definition) is 2. The van der Waals surface area contributed by atoms with Crippen LogP contribution in [0.1, 0.15) is 25.7 Å². The minimum absolute atomic E-state index is 0.190. The Bertz CT molecular complexity index is 671. The molecule has 6 nitrogen and oxygen atoms in total. The van der Waals surface area contributed by atoms with Gasteiger partial charge in [-0.3, -0.25) is 0 Å². The van der Waals surface area contributed by atoms with Crippen LogP contribution in [-0.2, 0) is 6.54 Å². The molecule has 0 bridgehead atoms. The molecule has 25 heavy (non-hydrogen) atoms. The summed E-state index contributed by atoms with van der Waals surface area (Å²) in [7, 11) is 0. The first kappa shape index (κ1) is 17.5. The van der Waals surface area contributed by atoms with Crippen molar-refractivity contribution in [3.63, 3.8) is 0 Å². The number of nitrogens with zero attached hydrogens (tertiary/aromatic N) is 2. The highest BCUT2D eigenvalue weighted by Crippen LogP contribution is 2.19. The van der Waals surface area contributed by atoms with E-state index < -0.39 is 0 Å². The van der Waals surface area contributed by atoms with Crippen molar-refractivity contribution in [2.75, 3.05) is 26.2 Å². The lowest BCUT2D eigenvalue weighted by atomic mass is 10.0. The van der Waals surface area contributed by atoms with E-state index in [2.05, 4.69) is 27.4 Å². The highest BCUT2D eigenvalue weighted by molar-refractivity contribution is 5.73. The Morgan fingerprint density at radius 3 is 2.96 bits per heavy atom. The van der Waals surface area contributed by atoms with Gasteiger partial charge >= 0.3 is 6.03 Å². The number of piperidine rings is 1. The number of benzene rings is 1. The summed E-state index contributed by atoms with van der Waals surface area (Å²) in [6.45, 7) is 6.37. The molecule has 0 radical (unpaired) electrons. The number of nitrogens with one attached hydrogen (secondary N) is 2. The number of hydrogen-bond acceptors (Lipinski definition) is 4. The van der Waals surface area contributed by atoms with Gasteiger partial charge in [0.2, 0.25) is 5.89 Å². The molecule has 134 valence electrons. The zero-order valence-corrected chi connectivity index (χ0v) is 14.7. The Morgan fingerprint density at radius 1 is 1.32 bits per heavy atom. The van der Waals surface area contributed by atoms with Crippen LogP contribution >= 0.6 is 0 Å². The molecule has 1 atom stereocenters. The van der Waals surface area contributed by atoms with Gasteiger partial charge in [-0.05, 0) is 25.3 Å². The fraction of sp³-hybridized carbons (Fsp3) is 0.474. The van der Waals surface area contributed by atoms with Crippen molar-refractivity contribution in [2.24, 2.45) is 5.92 Å². The average Bonchev–Trinajstić information content (AvgIpc) is 3.10. The maximum atomic E-state index is 11.9. The summed E-state index contributed by atoms with van der Waals surface area (Å²) in [4.78, 5) is 18.5. The largest absolute Gasteiger partial charge is 0.439 e. The lowest BCUT2D eigenvalue weighted by Crippen LogP contribution is -2.42. The fourth-order valence-corrected chi connectivity index (χ4v) is 3.16. The predicted octanol–water partition coefficient (Wildman–Crippen LogP) is 2.87. The molecule has 1 aromatic heterocycles. The topological polar surface area (TPSA) is 70.4 Å². The third-order valence-electron chi connectivity index (χ3n) is 4.47. The van der Waals surface area contributed by atoms with E-state index in [1.54, 1.807) is 6.20 Å². The lowest BCUT2D eigenvalue weighted by Gasteiger charge is -2.30. The maximum absolute atomic E-state index is 11.9. The van der Waals surface area contributed by atoms with Gasteiger partial charge in [0.15, 0.2) is 5.76 Å². The second-order valence-corrected chi connectivity index (χ2v) is 6.64. The van der Waals surface area contributed by atoms with E-state index in [0.29, 0.717) is 18.2 Å². The summed E-state index contributed by atoms with van der Waals surface area (Å²) in [5.74, 6) is 1.96. The van der Waals surface area contributed by atoms with Crippen molar-refractivity contribution in [3.8, 4) is 11.3 Å². The Kier molecular flexibility index (Phi) is 6.06. The van der Waals surface area contributed by atoms with Crippen LogP contribution in [0, 0.1) is 5.92 Å². The molecule has 1 aliphatic heterocycles. The van der Waals surface area contributed by atoms with E-state index in [9.17, 15) is 4.79 Å². The third-order valence-corrected chi connectivity index (χ3v) is 4.47. The van der Waals surface area contributed by atoms with E-state index in [-0.39, 0.29) is 12.6 Å². The van der Waals surface area contributed by atoms with E-state index >= 15 is 0 Å². The zero-order chi connectivity index (χ0) is 17.5. The first-order chi connectivity index (χ1) is 12.2. The number of rotatable bonds is 6. The second kappa shape index (κ2) is 8.67. The summed E-state index contributed by atoms with van der Waals surface area (Å²) in [6, 6.07) is 9.60. The van der Waals surface area contributed by atoms with Crippen LogP contribution in [0.4, 0.5) is 4.79 Å². The molecule has 2 heterocycles. The van der Waals surface area contributed by atoms with Crippen LogP contribution in [-0.4, -0.2) is 42.1 Å². The number of carbonyl (C=O) groups excluding carboxylic acids is 1. The third kappa shape index (κ3) is 5.32. The Balaban J connectivity index is 1.37. The molecule has 0 spiro atoms. The summed E-state index contributed by atoms with van der Waals surface area (Å²) in [5, 5.41) is 5.68. The maximum Gasteiger partial charge on any atom is 0.315 e. The molecule has 1 unspecified atom stereocenters. The van der Waals surface area contributed by atoms with Gasteiger partial charge in [-0.2, -0.15) is 0 Å². The monoisotopic (exact) mass is 342 g/mol. The van der Waals surface area contributed by atoms with Gasteiger partial charge < -0.3 is 20.0 Å². The quantitative estimate of drug-likeness (QED) is 0.847. The van der Waals surface area contributed by atoms with Gasteiger partial charge in [0.25, 0.3) is 0 Å². The molecule has 6 heteroatoms. The second-order valence-electron chi connectivity index (χ2n) is 6.64. The SMILES string of the molecule is CC1CCCN(CCNC(=O)NCc2ncc(-c3ccccc3)o2)C1. The summed E-state index contributed by atoms with van der Waals surface area (Å²) in [5.41, 5.74) is 0.974. The van der Waals surface area contributed by atoms with Crippen LogP contribution < -0.4 is 10.6 Å². The van der Waals surface area contributed by atoms with Crippen molar-refractivity contribution in [2.45, 2.75) is 26.3 Å². The number of aromatic nitrogens is 1. The number of urea groups is 1. The molecule has 2 N–H and O–H groups in total. The fourth-order valence-electron chi connectivity index (χ4n) is 3.16. The lowest BCUT2D eigenvalue weighted by molar-refractivity contribution is 0.183. The smallest absolute Gasteiger partial charge is 0.315 e. The van der Waals surface area contributed by atoms with E-state index in [1.807, 2.05) is 30.3 Å². The molecule has 2 aromatic rings. The number of amides is 2. The minimum Gasteiger partial charge on any atom is -0.439 e. The number of oxazole rings is 1. The van der Waals surface area contributed by atoms with Gasteiger partial charge in [-0.1, -0.05) is 37.3 Å². The Morgan fingerprint density at radius 2 is 2.16 bits per heavy atom. The van der Waals surface area contributed by atoms with Crippen LogP contribution in [0.5, 0.6) is 0 Å². The number of likely N-dealkylation sites (tertiary alicyclic amines) is 1. The zero-order valence-electron chi connectivity index (χ0n) is 14.7. The highest BCUT2D eigenvalue weighted by atomic mass is 16.4. The molecule has 2 amide bonds. The van der Waals surface area contributed by atoms with Crippen LogP contribution in [0.2, 0.25) is 0 Å². The van der Waals surface area contributed by atoms with Gasteiger partial charge in [0.05, 0.1) is 12.7 Å². The van der Waals surface area contributed by atoms with E-state index in [4.69, 9.17) is 4.42 Å². The number of carbonyl (C=O) groups is 1. The molecule has 1 fully saturated rings. The molecular weight excluding hydrogens is 316 g/mol. The Hall–Kier alpha value is -2.34. The first-order valence-electron chi connectivity index (χ1n) is 8.95. The van der Waals surface area contributed by atoms with Crippen LogP contribution in [0.3, 0.4) is 0 Å². The first-order valence-corrected chi connectivity index (χ1v) is 8.95. The van der Waals surface area contributed by atoms with Gasteiger partial charge in [0, 0.05) is 25.2 Å². The van der Waals surface area contributed by atoms with Gasteiger partial charge in [-0.15, -0.1) is 0 Å². The van der Waals surface area contributed by atoms with E-state index in [1.165, 1.54) is 12.8 Å². The molecule has 0 aliphatic carbocycles. The van der Waals surface area contributed by atoms with Crippen molar-refractivity contribution in [3.05, 3.63) is 42.4 Å². The van der Waals surface area contributed by atoms with Crippen molar-refractivity contribution >= 4 is 6.03 Å². The molecule has 1 aromatic carbocycles. The van der Waals surface area contributed by atoms with Crippen LogP contribution in [0.15, 0.2) is 40.9 Å². The van der Waals surface area contributed by atoms with Gasteiger partial charge in [0.1, 0.15) is 0 Å². The molecular formula is C19H26N4O2.